The van der Waals surface area contributed by atoms with Crippen LogP contribution >= 0.6 is 0 Å². The van der Waals surface area contributed by atoms with Crippen molar-refractivity contribution in [3.63, 3.8) is 0 Å². The van der Waals surface area contributed by atoms with Gasteiger partial charge in [0.2, 0.25) is 10.0 Å². The Balaban J connectivity index is 2.02. The van der Waals surface area contributed by atoms with Gasteiger partial charge < -0.3 is 10.6 Å². The molecule has 2 aromatic rings. The van der Waals surface area contributed by atoms with Crippen LogP contribution in [0.15, 0.2) is 58.5 Å². The standard InChI is InChI=1S/C18H25N5O2S/c1-4-19-18(22-14-16-7-5-6-12-20-16)21-13-15-8-10-17(11-9-15)26(24,25)23(2)3/h5-12H,4,13-14H2,1-3H3,(H2,19,21,22). The first-order chi connectivity index (χ1) is 12.4. The van der Waals surface area contributed by atoms with E-state index in [4.69, 9.17) is 0 Å². The summed E-state index contributed by atoms with van der Waals surface area (Å²) in [6.45, 7) is 3.76. The number of hydrogen-bond donors (Lipinski definition) is 2. The van der Waals surface area contributed by atoms with Crippen LogP contribution in [0, 0.1) is 0 Å². The summed E-state index contributed by atoms with van der Waals surface area (Å²) >= 11 is 0. The maximum atomic E-state index is 12.1. The Bertz CT molecular complexity index is 818. The summed E-state index contributed by atoms with van der Waals surface area (Å²) in [6, 6.07) is 12.5. The zero-order valence-corrected chi connectivity index (χ0v) is 16.1. The quantitative estimate of drug-likeness (QED) is 0.567. The fourth-order valence-electron chi connectivity index (χ4n) is 2.17. The zero-order chi connectivity index (χ0) is 19.0. The van der Waals surface area contributed by atoms with Gasteiger partial charge in [-0.3, -0.25) is 4.98 Å². The number of benzene rings is 1. The average molecular weight is 375 g/mol. The minimum absolute atomic E-state index is 0.274. The van der Waals surface area contributed by atoms with Crippen LogP contribution in [0.4, 0.5) is 0 Å². The molecule has 0 saturated carbocycles. The van der Waals surface area contributed by atoms with Crippen LogP contribution in [-0.2, 0) is 23.1 Å². The molecule has 0 aliphatic carbocycles. The second-order valence-electron chi connectivity index (χ2n) is 5.80. The number of guanidine groups is 1. The summed E-state index contributed by atoms with van der Waals surface area (Å²) in [5, 5.41) is 6.41. The van der Waals surface area contributed by atoms with Crippen LogP contribution in [0.25, 0.3) is 0 Å². The van der Waals surface area contributed by atoms with Gasteiger partial charge in [-0.2, -0.15) is 0 Å². The Morgan fingerprint density at radius 2 is 1.85 bits per heavy atom. The maximum absolute atomic E-state index is 12.1. The van der Waals surface area contributed by atoms with Gasteiger partial charge in [0.25, 0.3) is 0 Å². The third kappa shape index (κ3) is 5.53. The van der Waals surface area contributed by atoms with Gasteiger partial charge in [-0.1, -0.05) is 18.2 Å². The molecule has 1 aromatic heterocycles. The highest BCUT2D eigenvalue weighted by Crippen LogP contribution is 2.14. The lowest BCUT2D eigenvalue weighted by Gasteiger charge is -2.12. The Hall–Kier alpha value is -2.45. The number of nitrogens with one attached hydrogen (secondary N) is 2. The van der Waals surface area contributed by atoms with Crippen molar-refractivity contribution in [1.29, 1.82) is 0 Å². The van der Waals surface area contributed by atoms with E-state index in [1.165, 1.54) is 18.4 Å². The van der Waals surface area contributed by atoms with Crippen molar-refractivity contribution in [1.82, 2.24) is 19.9 Å². The van der Waals surface area contributed by atoms with E-state index in [1.807, 2.05) is 25.1 Å². The van der Waals surface area contributed by atoms with Crippen molar-refractivity contribution in [2.24, 2.45) is 4.99 Å². The van der Waals surface area contributed by atoms with E-state index in [2.05, 4.69) is 20.6 Å². The number of aliphatic imine (C=N–C) groups is 1. The molecule has 2 N–H and O–H groups in total. The van der Waals surface area contributed by atoms with E-state index in [0.29, 0.717) is 19.0 Å². The van der Waals surface area contributed by atoms with E-state index in [-0.39, 0.29) is 4.90 Å². The van der Waals surface area contributed by atoms with Crippen molar-refractivity contribution in [3.8, 4) is 0 Å². The monoisotopic (exact) mass is 375 g/mol. The second-order valence-corrected chi connectivity index (χ2v) is 7.95. The first-order valence-electron chi connectivity index (χ1n) is 8.37. The molecule has 0 aliphatic rings. The Kier molecular flexibility index (Phi) is 7.11. The average Bonchev–Trinajstić information content (AvgIpc) is 2.65. The molecule has 0 atom stereocenters. The number of nitrogens with zero attached hydrogens (tertiary/aromatic N) is 3. The molecule has 0 amide bonds. The molecule has 8 heteroatoms. The van der Waals surface area contributed by atoms with Crippen LogP contribution in [-0.4, -0.2) is 44.3 Å². The third-order valence-corrected chi connectivity index (χ3v) is 5.46. The predicted molar refractivity (Wildman–Crippen MR) is 103 cm³/mol. The highest BCUT2D eigenvalue weighted by atomic mass is 32.2. The molecular weight excluding hydrogens is 350 g/mol. The maximum Gasteiger partial charge on any atom is 0.242 e. The lowest BCUT2D eigenvalue weighted by molar-refractivity contribution is 0.520. The van der Waals surface area contributed by atoms with Crippen molar-refractivity contribution >= 4 is 16.0 Å². The highest BCUT2D eigenvalue weighted by Gasteiger charge is 2.16. The van der Waals surface area contributed by atoms with Gasteiger partial charge in [0, 0.05) is 26.8 Å². The molecule has 0 unspecified atom stereocenters. The van der Waals surface area contributed by atoms with Crippen molar-refractivity contribution in [3.05, 3.63) is 59.9 Å². The highest BCUT2D eigenvalue weighted by molar-refractivity contribution is 7.89. The van der Waals surface area contributed by atoms with E-state index >= 15 is 0 Å². The third-order valence-electron chi connectivity index (χ3n) is 3.63. The summed E-state index contributed by atoms with van der Waals surface area (Å²) in [6.07, 6.45) is 1.75. The first kappa shape index (κ1) is 19.9. The molecule has 7 nitrogen and oxygen atoms in total. The van der Waals surface area contributed by atoms with Gasteiger partial charge in [0.1, 0.15) is 0 Å². The molecule has 0 saturated heterocycles. The van der Waals surface area contributed by atoms with Crippen LogP contribution in [0.2, 0.25) is 0 Å². The lowest BCUT2D eigenvalue weighted by Crippen LogP contribution is -2.37. The van der Waals surface area contributed by atoms with Crippen LogP contribution in [0.3, 0.4) is 0 Å². The summed E-state index contributed by atoms with van der Waals surface area (Å²) in [4.78, 5) is 9.08. The fraction of sp³-hybridized carbons (Fsp3) is 0.333. The first-order valence-corrected chi connectivity index (χ1v) is 9.81. The molecule has 0 radical (unpaired) electrons. The van der Waals surface area contributed by atoms with E-state index in [1.54, 1.807) is 30.5 Å². The molecule has 140 valence electrons. The molecule has 0 bridgehead atoms. The largest absolute Gasteiger partial charge is 0.357 e. The normalized spacial score (nSPS) is 12.2. The minimum Gasteiger partial charge on any atom is -0.357 e. The molecule has 1 heterocycles. The topological polar surface area (TPSA) is 86.7 Å². The fourth-order valence-corrected chi connectivity index (χ4v) is 3.07. The summed E-state index contributed by atoms with van der Waals surface area (Å²) in [5.74, 6) is 0.683. The van der Waals surface area contributed by atoms with E-state index in [0.717, 1.165) is 17.8 Å². The van der Waals surface area contributed by atoms with Crippen LogP contribution < -0.4 is 10.6 Å². The molecular formula is C18H25N5O2S. The molecule has 1 aromatic carbocycles. The summed E-state index contributed by atoms with van der Waals surface area (Å²) in [7, 11) is -0.372. The molecule has 2 rings (SSSR count). The second kappa shape index (κ2) is 9.30. The Labute approximate surface area is 155 Å². The zero-order valence-electron chi connectivity index (χ0n) is 15.3. The summed E-state index contributed by atoms with van der Waals surface area (Å²) in [5.41, 5.74) is 1.86. The van der Waals surface area contributed by atoms with Crippen LogP contribution in [0.1, 0.15) is 18.2 Å². The predicted octanol–water partition coefficient (Wildman–Crippen LogP) is 1.59. The Morgan fingerprint density at radius 3 is 2.42 bits per heavy atom. The number of hydrogen-bond acceptors (Lipinski definition) is 4. The molecule has 0 aliphatic heterocycles. The van der Waals surface area contributed by atoms with Gasteiger partial charge in [-0.25, -0.2) is 17.7 Å². The van der Waals surface area contributed by atoms with Gasteiger partial charge in [0.15, 0.2) is 5.96 Å². The molecule has 26 heavy (non-hydrogen) atoms. The van der Waals surface area contributed by atoms with Crippen molar-refractivity contribution < 1.29 is 8.42 Å². The molecule has 0 fully saturated rings. The number of rotatable bonds is 7. The van der Waals surface area contributed by atoms with Gasteiger partial charge in [-0.05, 0) is 36.8 Å². The smallest absolute Gasteiger partial charge is 0.242 e. The molecule has 0 spiro atoms. The number of sulfonamides is 1. The Morgan fingerprint density at radius 1 is 1.12 bits per heavy atom. The van der Waals surface area contributed by atoms with Crippen molar-refractivity contribution in [2.45, 2.75) is 24.9 Å². The van der Waals surface area contributed by atoms with E-state index in [9.17, 15) is 8.42 Å². The van der Waals surface area contributed by atoms with Gasteiger partial charge in [-0.15, -0.1) is 0 Å². The SMILES string of the molecule is CCNC(=NCc1ccc(S(=O)(=O)N(C)C)cc1)NCc1ccccn1. The van der Waals surface area contributed by atoms with Crippen molar-refractivity contribution in [2.75, 3.05) is 20.6 Å². The van der Waals surface area contributed by atoms with Gasteiger partial charge in [0.05, 0.1) is 23.7 Å². The van der Waals surface area contributed by atoms with Gasteiger partial charge >= 0.3 is 0 Å². The lowest BCUT2D eigenvalue weighted by atomic mass is 10.2. The number of pyridine rings is 1. The van der Waals surface area contributed by atoms with E-state index < -0.39 is 10.0 Å². The minimum atomic E-state index is -3.41. The summed E-state index contributed by atoms with van der Waals surface area (Å²) < 4.78 is 25.4. The van der Waals surface area contributed by atoms with Crippen LogP contribution in [0.5, 0.6) is 0 Å². The number of aromatic nitrogens is 1.